The molecule has 0 unspecified atom stereocenters. The van der Waals surface area contributed by atoms with E-state index < -0.39 is 0 Å². The Morgan fingerprint density at radius 1 is 1.11 bits per heavy atom. The van der Waals surface area contributed by atoms with E-state index in [9.17, 15) is 0 Å². The normalized spacial score (nSPS) is 39.7. The first-order valence-electron chi connectivity index (χ1n) is 7.46. The van der Waals surface area contributed by atoms with Crippen LogP contribution in [0, 0.1) is 29.6 Å². The maximum atomic E-state index is 5.60. The molecule has 4 nitrogen and oxygen atoms in total. The highest BCUT2D eigenvalue weighted by Gasteiger charge is 2.49. The summed E-state index contributed by atoms with van der Waals surface area (Å²) in [5.74, 6) is 5.27. The fourth-order valence-electron chi connectivity index (χ4n) is 5.10. The Morgan fingerprint density at radius 2 is 1.74 bits per heavy atom. The van der Waals surface area contributed by atoms with Gasteiger partial charge in [-0.3, -0.25) is 0 Å². The van der Waals surface area contributed by atoms with Crippen LogP contribution < -0.4 is 5.73 Å². The van der Waals surface area contributed by atoms with E-state index in [1.54, 1.807) is 0 Å². The van der Waals surface area contributed by atoms with Gasteiger partial charge in [0.15, 0.2) is 0 Å². The SMILES string of the molecule is C=C(c1nnc(CN)o1)C1C2CC3CC(C2)CC1C3. The van der Waals surface area contributed by atoms with Crippen molar-refractivity contribution in [3.8, 4) is 0 Å². The van der Waals surface area contributed by atoms with Crippen LogP contribution in [0.2, 0.25) is 0 Å². The lowest BCUT2D eigenvalue weighted by Crippen LogP contribution is -2.45. The summed E-state index contributed by atoms with van der Waals surface area (Å²) in [5, 5.41) is 8.09. The number of hydrogen-bond donors (Lipinski definition) is 1. The van der Waals surface area contributed by atoms with E-state index in [-0.39, 0.29) is 0 Å². The predicted octanol–water partition coefficient (Wildman–Crippen LogP) is 2.61. The quantitative estimate of drug-likeness (QED) is 0.906. The minimum Gasteiger partial charge on any atom is -0.420 e. The molecule has 0 saturated heterocycles. The van der Waals surface area contributed by atoms with Crippen LogP contribution in [-0.2, 0) is 6.54 Å². The molecule has 4 heteroatoms. The van der Waals surface area contributed by atoms with Gasteiger partial charge in [-0.15, -0.1) is 10.2 Å². The minimum atomic E-state index is 0.307. The van der Waals surface area contributed by atoms with Crippen molar-refractivity contribution in [2.24, 2.45) is 35.3 Å². The summed E-state index contributed by atoms with van der Waals surface area (Å²) in [6.45, 7) is 4.59. The van der Waals surface area contributed by atoms with Gasteiger partial charge in [0, 0.05) is 5.57 Å². The van der Waals surface area contributed by atoms with Gasteiger partial charge in [0.25, 0.3) is 0 Å². The third-order valence-corrected chi connectivity index (χ3v) is 5.55. The van der Waals surface area contributed by atoms with Gasteiger partial charge in [-0.2, -0.15) is 0 Å². The second-order valence-corrected chi connectivity index (χ2v) is 6.69. The van der Waals surface area contributed by atoms with E-state index in [4.69, 9.17) is 10.2 Å². The van der Waals surface area contributed by atoms with E-state index in [2.05, 4.69) is 16.8 Å². The standard InChI is InChI=1S/C15H21N3O/c1-8(15-18-17-13(7-16)19-15)14-11-3-9-2-10(5-11)6-12(14)4-9/h9-12,14H,1-7,16H2. The first-order chi connectivity index (χ1) is 9.24. The van der Waals surface area contributed by atoms with E-state index in [1.807, 2.05) is 0 Å². The summed E-state index contributed by atoms with van der Waals surface area (Å²) in [5.41, 5.74) is 6.60. The molecule has 2 N–H and O–H groups in total. The minimum absolute atomic E-state index is 0.307. The van der Waals surface area contributed by atoms with Gasteiger partial charge >= 0.3 is 0 Å². The van der Waals surface area contributed by atoms with Crippen molar-refractivity contribution in [2.45, 2.75) is 38.6 Å². The van der Waals surface area contributed by atoms with Crippen LogP contribution in [0.5, 0.6) is 0 Å². The molecular weight excluding hydrogens is 238 g/mol. The molecule has 0 atom stereocenters. The molecule has 1 aromatic heterocycles. The zero-order valence-corrected chi connectivity index (χ0v) is 11.2. The molecule has 1 heterocycles. The molecule has 4 aliphatic rings. The van der Waals surface area contributed by atoms with Gasteiger partial charge in [-0.1, -0.05) is 6.58 Å². The van der Waals surface area contributed by atoms with Crippen LogP contribution in [0.4, 0.5) is 0 Å². The molecule has 4 saturated carbocycles. The molecule has 1 aromatic rings. The van der Waals surface area contributed by atoms with Gasteiger partial charge in [0.1, 0.15) is 0 Å². The monoisotopic (exact) mass is 259 g/mol. The number of hydrogen-bond acceptors (Lipinski definition) is 4. The smallest absolute Gasteiger partial charge is 0.243 e. The summed E-state index contributed by atoms with van der Waals surface area (Å²) >= 11 is 0. The Hall–Kier alpha value is -1.16. The number of nitrogens with two attached hydrogens (primary N) is 1. The molecule has 0 amide bonds. The van der Waals surface area contributed by atoms with Gasteiger partial charge in [0.2, 0.25) is 11.8 Å². The maximum Gasteiger partial charge on any atom is 0.243 e. The lowest BCUT2D eigenvalue weighted by atomic mass is 9.50. The molecular formula is C15H21N3O. The summed E-state index contributed by atoms with van der Waals surface area (Å²) in [6, 6.07) is 0. The summed E-state index contributed by atoms with van der Waals surface area (Å²) in [6.07, 6.45) is 7.01. The van der Waals surface area contributed by atoms with Crippen LogP contribution in [0.15, 0.2) is 11.0 Å². The van der Waals surface area contributed by atoms with E-state index in [0.29, 0.717) is 24.2 Å². The highest BCUT2D eigenvalue weighted by Crippen LogP contribution is 2.59. The van der Waals surface area contributed by atoms with Gasteiger partial charge in [0.05, 0.1) is 6.54 Å². The average Bonchev–Trinajstić information content (AvgIpc) is 2.86. The first-order valence-corrected chi connectivity index (χ1v) is 7.46. The molecule has 0 spiro atoms. The summed E-state index contributed by atoms with van der Waals surface area (Å²) in [4.78, 5) is 0. The predicted molar refractivity (Wildman–Crippen MR) is 71.8 cm³/mol. The molecule has 0 aromatic carbocycles. The van der Waals surface area contributed by atoms with Crippen molar-refractivity contribution in [3.05, 3.63) is 18.4 Å². The molecule has 102 valence electrons. The van der Waals surface area contributed by atoms with E-state index in [0.717, 1.165) is 29.2 Å². The van der Waals surface area contributed by atoms with Crippen LogP contribution in [0.3, 0.4) is 0 Å². The number of allylic oxidation sites excluding steroid dienone is 1. The molecule has 19 heavy (non-hydrogen) atoms. The van der Waals surface area contributed by atoms with Crippen LogP contribution in [0.25, 0.3) is 5.57 Å². The van der Waals surface area contributed by atoms with Crippen molar-refractivity contribution in [3.63, 3.8) is 0 Å². The van der Waals surface area contributed by atoms with Gasteiger partial charge < -0.3 is 10.2 Å². The lowest BCUT2D eigenvalue weighted by molar-refractivity contribution is -0.0125. The fraction of sp³-hybridized carbons (Fsp3) is 0.733. The van der Waals surface area contributed by atoms with E-state index in [1.165, 1.54) is 32.1 Å². The van der Waals surface area contributed by atoms with Crippen LogP contribution in [-0.4, -0.2) is 10.2 Å². The topological polar surface area (TPSA) is 64.9 Å². The molecule has 4 bridgehead atoms. The zero-order valence-electron chi connectivity index (χ0n) is 11.2. The number of nitrogens with zero attached hydrogens (tertiary/aromatic N) is 2. The number of rotatable bonds is 3. The van der Waals surface area contributed by atoms with Crippen LogP contribution in [0.1, 0.15) is 43.9 Å². The second kappa shape index (κ2) is 4.17. The Morgan fingerprint density at radius 3 is 2.26 bits per heavy atom. The van der Waals surface area contributed by atoms with Crippen molar-refractivity contribution in [1.29, 1.82) is 0 Å². The Bertz CT molecular complexity index is 479. The van der Waals surface area contributed by atoms with Crippen molar-refractivity contribution in [2.75, 3.05) is 0 Å². The van der Waals surface area contributed by atoms with Crippen LogP contribution >= 0.6 is 0 Å². The van der Waals surface area contributed by atoms with Crippen molar-refractivity contribution >= 4 is 5.57 Å². The summed E-state index contributed by atoms with van der Waals surface area (Å²) in [7, 11) is 0. The lowest BCUT2D eigenvalue weighted by Gasteiger charge is -2.54. The Labute approximate surface area is 113 Å². The van der Waals surface area contributed by atoms with Gasteiger partial charge in [-0.05, 0) is 61.7 Å². The average molecular weight is 259 g/mol. The molecule has 4 aliphatic carbocycles. The van der Waals surface area contributed by atoms with Gasteiger partial charge in [-0.25, -0.2) is 0 Å². The Balaban J connectivity index is 1.60. The van der Waals surface area contributed by atoms with E-state index >= 15 is 0 Å². The largest absolute Gasteiger partial charge is 0.420 e. The van der Waals surface area contributed by atoms with Crippen molar-refractivity contribution in [1.82, 2.24) is 10.2 Å². The molecule has 4 fully saturated rings. The zero-order chi connectivity index (χ0) is 13.0. The highest BCUT2D eigenvalue weighted by molar-refractivity contribution is 5.59. The van der Waals surface area contributed by atoms with Crippen molar-refractivity contribution < 1.29 is 4.42 Å². The Kier molecular flexibility index (Phi) is 2.56. The third kappa shape index (κ3) is 1.76. The molecule has 0 radical (unpaired) electrons. The second-order valence-electron chi connectivity index (χ2n) is 6.69. The maximum absolute atomic E-state index is 5.60. The summed E-state index contributed by atoms with van der Waals surface area (Å²) < 4.78 is 5.60. The fourth-order valence-corrected chi connectivity index (χ4v) is 5.10. The third-order valence-electron chi connectivity index (χ3n) is 5.55. The first kappa shape index (κ1) is 11.6. The molecule has 0 aliphatic heterocycles. The highest BCUT2D eigenvalue weighted by atomic mass is 16.4. The number of aromatic nitrogens is 2. The molecule has 5 rings (SSSR count).